The predicted octanol–water partition coefficient (Wildman–Crippen LogP) is 3.51. The second kappa shape index (κ2) is 6.70. The van der Waals surface area contributed by atoms with E-state index in [2.05, 4.69) is 31.0 Å². The fourth-order valence-corrected chi connectivity index (χ4v) is 2.27. The first kappa shape index (κ1) is 17.5. The van der Waals surface area contributed by atoms with Crippen LogP contribution in [0, 0.1) is 0 Å². The van der Waals surface area contributed by atoms with Gasteiger partial charge >= 0.3 is 0 Å². The summed E-state index contributed by atoms with van der Waals surface area (Å²) < 4.78 is 0. The van der Waals surface area contributed by atoms with E-state index in [9.17, 15) is 5.11 Å². The standard InChI is InChI=1S/C16H17N3O.C2H4O2/c1-16(2,3)11-7-6-10-14(15(11)20)19-17-12-8-4-5-9-13(12)18-19;1-2(3)4/h4-10,20H,1-3H3;1H3,(H,3,4). The summed E-state index contributed by atoms with van der Waals surface area (Å²) in [5, 5.41) is 26.7. The van der Waals surface area contributed by atoms with E-state index in [1.807, 2.05) is 42.5 Å². The molecule has 6 heteroatoms. The summed E-state index contributed by atoms with van der Waals surface area (Å²) in [4.78, 5) is 10.5. The summed E-state index contributed by atoms with van der Waals surface area (Å²) in [5.41, 5.74) is 2.98. The van der Waals surface area contributed by atoms with Crippen molar-refractivity contribution in [3.8, 4) is 11.4 Å². The van der Waals surface area contributed by atoms with Crippen LogP contribution in [0.2, 0.25) is 0 Å². The topological polar surface area (TPSA) is 88.2 Å². The van der Waals surface area contributed by atoms with Gasteiger partial charge in [-0.15, -0.1) is 15.0 Å². The first-order chi connectivity index (χ1) is 11.2. The van der Waals surface area contributed by atoms with Gasteiger partial charge in [0.1, 0.15) is 22.5 Å². The quantitative estimate of drug-likeness (QED) is 0.714. The lowest BCUT2D eigenvalue weighted by atomic mass is 9.86. The van der Waals surface area contributed by atoms with Crippen LogP contribution in [0.3, 0.4) is 0 Å². The van der Waals surface area contributed by atoms with Gasteiger partial charge in [0, 0.05) is 12.5 Å². The number of phenols is 1. The molecule has 1 heterocycles. The first-order valence-electron chi connectivity index (χ1n) is 7.54. The molecule has 0 fully saturated rings. The molecule has 0 aliphatic heterocycles. The molecule has 3 rings (SSSR count). The number of carboxylic acids is 1. The highest BCUT2D eigenvalue weighted by molar-refractivity contribution is 5.73. The molecule has 0 amide bonds. The molecule has 24 heavy (non-hydrogen) atoms. The van der Waals surface area contributed by atoms with Crippen molar-refractivity contribution < 1.29 is 15.0 Å². The summed E-state index contributed by atoms with van der Waals surface area (Å²) in [5.74, 6) is -0.597. The Balaban J connectivity index is 0.000000471. The van der Waals surface area contributed by atoms with Crippen LogP contribution >= 0.6 is 0 Å². The third-order valence-corrected chi connectivity index (χ3v) is 3.32. The molecule has 0 atom stereocenters. The number of phenolic OH excluding ortho intramolecular Hbond substituents is 1. The van der Waals surface area contributed by atoms with Crippen LogP contribution in [0.5, 0.6) is 5.75 Å². The van der Waals surface area contributed by atoms with Crippen molar-refractivity contribution in [1.82, 2.24) is 15.0 Å². The Bertz CT molecular complexity index is 826. The number of aromatic nitrogens is 3. The number of hydrogen-bond acceptors (Lipinski definition) is 4. The van der Waals surface area contributed by atoms with Crippen molar-refractivity contribution in [2.24, 2.45) is 0 Å². The van der Waals surface area contributed by atoms with E-state index in [4.69, 9.17) is 9.90 Å². The van der Waals surface area contributed by atoms with Gasteiger partial charge in [0.15, 0.2) is 0 Å². The third-order valence-electron chi connectivity index (χ3n) is 3.32. The number of nitrogens with zero attached hydrogens (tertiary/aromatic N) is 3. The molecule has 0 bridgehead atoms. The maximum absolute atomic E-state index is 10.5. The number of fused-ring (bicyclic) bond motifs is 1. The summed E-state index contributed by atoms with van der Waals surface area (Å²) in [6.07, 6.45) is 0. The van der Waals surface area contributed by atoms with E-state index < -0.39 is 5.97 Å². The molecule has 0 saturated carbocycles. The fraction of sp³-hybridized carbons (Fsp3) is 0.278. The van der Waals surface area contributed by atoms with Crippen molar-refractivity contribution >= 4 is 17.0 Å². The molecule has 0 radical (unpaired) electrons. The molecule has 6 nitrogen and oxygen atoms in total. The van der Waals surface area contributed by atoms with Gasteiger partial charge in [-0.1, -0.05) is 45.0 Å². The Labute approximate surface area is 140 Å². The van der Waals surface area contributed by atoms with E-state index in [0.29, 0.717) is 5.69 Å². The molecular formula is C18H21N3O3. The van der Waals surface area contributed by atoms with E-state index in [1.54, 1.807) is 0 Å². The van der Waals surface area contributed by atoms with Gasteiger partial charge in [-0.25, -0.2) is 0 Å². The highest BCUT2D eigenvalue weighted by atomic mass is 16.4. The zero-order valence-corrected chi connectivity index (χ0v) is 14.2. The van der Waals surface area contributed by atoms with Crippen molar-refractivity contribution in [2.75, 3.05) is 0 Å². The Morgan fingerprint density at radius 3 is 1.96 bits per heavy atom. The molecule has 0 aliphatic carbocycles. The molecule has 0 saturated heterocycles. The maximum atomic E-state index is 10.5. The van der Waals surface area contributed by atoms with Crippen LogP contribution in [-0.2, 0) is 10.2 Å². The summed E-state index contributed by atoms with van der Waals surface area (Å²) in [6, 6.07) is 13.3. The van der Waals surface area contributed by atoms with Crippen molar-refractivity contribution in [3.05, 3.63) is 48.0 Å². The number of para-hydroxylation sites is 1. The molecule has 0 spiro atoms. The van der Waals surface area contributed by atoms with Crippen LogP contribution in [0.4, 0.5) is 0 Å². The zero-order chi connectivity index (χ0) is 17.9. The number of aliphatic carboxylic acids is 1. The van der Waals surface area contributed by atoms with E-state index in [1.165, 1.54) is 4.80 Å². The summed E-state index contributed by atoms with van der Waals surface area (Å²) >= 11 is 0. The highest BCUT2D eigenvalue weighted by Gasteiger charge is 2.21. The van der Waals surface area contributed by atoms with Crippen LogP contribution in [0.1, 0.15) is 33.3 Å². The lowest BCUT2D eigenvalue weighted by Gasteiger charge is -2.21. The van der Waals surface area contributed by atoms with Gasteiger partial charge in [0.2, 0.25) is 0 Å². The minimum Gasteiger partial charge on any atom is -0.505 e. The van der Waals surface area contributed by atoms with Crippen molar-refractivity contribution in [2.45, 2.75) is 33.1 Å². The Morgan fingerprint density at radius 1 is 1.00 bits per heavy atom. The summed E-state index contributed by atoms with van der Waals surface area (Å²) in [6.45, 7) is 7.29. The monoisotopic (exact) mass is 327 g/mol. The Morgan fingerprint density at radius 2 is 1.50 bits per heavy atom. The van der Waals surface area contributed by atoms with E-state index in [0.717, 1.165) is 23.5 Å². The molecule has 3 aromatic rings. The predicted molar refractivity (Wildman–Crippen MR) is 92.5 cm³/mol. The maximum Gasteiger partial charge on any atom is 0.300 e. The average Bonchev–Trinajstić information content (AvgIpc) is 2.89. The largest absolute Gasteiger partial charge is 0.505 e. The number of rotatable bonds is 1. The van der Waals surface area contributed by atoms with Crippen LogP contribution in [0.15, 0.2) is 42.5 Å². The smallest absolute Gasteiger partial charge is 0.300 e. The van der Waals surface area contributed by atoms with Gasteiger partial charge in [0.05, 0.1) is 0 Å². The number of aromatic hydroxyl groups is 1. The van der Waals surface area contributed by atoms with Crippen LogP contribution in [0.25, 0.3) is 16.7 Å². The van der Waals surface area contributed by atoms with Crippen LogP contribution in [-0.4, -0.2) is 31.2 Å². The molecule has 2 aromatic carbocycles. The first-order valence-corrected chi connectivity index (χ1v) is 7.54. The molecule has 0 unspecified atom stereocenters. The van der Waals surface area contributed by atoms with E-state index >= 15 is 0 Å². The van der Waals surface area contributed by atoms with Gasteiger partial charge in [-0.05, 0) is 23.6 Å². The second-order valence-electron chi connectivity index (χ2n) is 6.42. The van der Waals surface area contributed by atoms with Crippen LogP contribution < -0.4 is 0 Å². The molecular weight excluding hydrogens is 306 g/mol. The number of hydrogen-bond donors (Lipinski definition) is 2. The minimum atomic E-state index is -0.833. The Kier molecular flexibility index (Phi) is 4.87. The molecule has 126 valence electrons. The third kappa shape index (κ3) is 3.90. The van der Waals surface area contributed by atoms with Gasteiger partial charge < -0.3 is 10.2 Å². The van der Waals surface area contributed by atoms with Crippen molar-refractivity contribution in [1.29, 1.82) is 0 Å². The lowest BCUT2D eigenvalue weighted by molar-refractivity contribution is -0.134. The SMILES string of the molecule is CC(=O)O.CC(C)(C)c1cccc(-n2nc3ccccc3n2)c1O. The lowest BCUT2D eigenvalue weighted by Crippen LogP contribution is -2.12. The van der Waals surface area contributed by atoms with Gasteiger partial charge in [0.25, 0.3) is 5.97 Å². The van der Waals surface area contributed by atoms with Crippen molar-refractivity contribution in [3.63, 3.8) is 0 Å². The number of benzene rings is 2. The number of carbonyl (C=O) groups is 1. The fourth-order valence-electron chi connectivity index (χ4n) is 2.27. The minimum absolute atomic E-state index is 0.132. The normalized spacial score (nSPS) is 11.0. The van der Waals surface area contributed by atoms with Gasteiger partial charge in [-0.3, -0.25) is 4.79 Å². The number of carboxylic acid groups (broad SMARTS) is 1. The molecule has 0 aliphatic rings. The highest BCUT2D eigenvalue weighted by Crippen LogP contribution is 2.34. The van der Waals surface area contributed by atoms with Gasteiger partial charge in [-0.2, -0.15) is 0 Å². The molecule has 2 N–H and O–H groups in total. The second-order valence-corrected chi connectivity index (χ2v) is 6.42. The summed E-state index contributed by atoms with van der Waals surface area (Å²) in [7, 11) is 0. The zero-order valence-electron chi connectivity index (χ0n) is 14.2. The Hall–Kier alpha value is -2.89. The average molecular weight is 327 g/mol. The molecule has 1 aromatic heterocycles. The van der Waals surface area contributed by atoms with E-state index in [-0.39, 0.29) is 11.2 Å².